The SMILES string of the molecule is Cc1cnc(OC2CCN(c3ccccc3C)C2)c(Cl)c1. The van der Waals surface area contributed by atoms with Crippen LogP contribution in [0.25, 0.3) is 0 Å². The van der Waals surface area contributed by atoms with Crippen LogP contribution in [0.1, 0.15) is 17.5 Å². The second-order valence-corrected chi connectivity index (χ2v) is 5.97. The quantitative estimate of drug-likeness (QED) is 0.856. The van der Waals surface area contributed by atoms with Crippen LogP contribution in [0.3, 0.4) is 0 Å². The highest BCUT2D eigenvalue weighted by Gasteiger charge is 2.25. The molecule has 0 amide bonds. The minimum absolute atomic E-state index is 0.136. The standard InChI is InChI=1S/C17H19ClN2O/c1-12-9-15(18)17(19-10-12)21-14-7-8-20(11-14)16-6-4-3-5-13(16)2/h3-6,9-10,14H,7-8,11H2,1-2H3. The molecule has 2 aromatic rings. The molecule has 0 radical (unpaired) electrons. The van der Waals surface area contributed by atoms with Crippen molar-refractivity contribution in [2.45, 2.75) is 26.4 Å². The molecule has 3 rings (SSSR count). The van der Waals surface area contributed by atoms with E-state index in [2.05, 4.69) is 41.1 Å². The molecule has 0 N–H and O–H groups in total. The lowest BCUT2D eigenvalue weighted by Gasteiger charge is -2.21. The van der Waals surface area contributed by atoms with Gasteiger partial charge in [0.1, 0.15) is 11.1 Å². The number of para-hydroxylation sites is 1. The van der Waals surface area contributed by atoms with Crippen molar-refractivity contribution in [2.24, 2.45) is 0 Å². The van der Waals surface area contributed by atoms with Gasteiger partial charge in [-0.15, -0.1) is 0 Å². The van der Waals surface area contributed by atoms with E-state index in [1.54, 1.807) is 6.20 Å². The Morgan fingerprint density at radius 3 is 2.86 bits per heavy atom. The van der Waals surface area contributed by atoms with Crippen LogP contribution in [0.15, 0.2) is 36.5 Å². The van der Waals surface area contributed by atoms with Gasteiger partial charge in [0.2, 0.25) is 5.88 Å². The Kier molecular flexibility index (Phi) is 4.02. The molecule has 3 nitrogen and oxygen atoms in total. The summed E-state index contributed by atoms with van der Waals surface area (Å²) < 4.78 is 5.97. The highest BCUT2D eigenvalue weighted by molar-refractivity contribution is 6.31. The summed E-state index contributed by atoms with van der Waals surface area (Å²) in [6, 6.07) is 10.3. The van der Waals surface area contributed by atoms with E-state index in [9.17, 15) is 0 Å². The first-order chi connectivity index (χ1) is 10.1. The van der Waals surface area contributed by atoms with Gasteiger partial charge in [-0.05, 0) is 37.1 Å². The number of hydrogen-bond acceptors (Lipinski definition) is 3. The molecule has 1 unspecified atom stereocenters. The molecule has 1 fully saturated rings. The number of aromatic nitrogens is 1. The molecule has 0 aliphatic carbocycles. The Bertz CT molecular complexity index is 644. The lowest BCUT2D eigenvalue weighted by Crippen LogP contribution is -2.25. The van der Waals surface area contributed by atoms with Gasteiger partial charge >= 0.3 is 0 Å². The molecule has 0 saturated carbocycles. The minimum Gasteiger partial charge on any atom is -0.471 e. The van der Waals surface area contributed by atoms with Crippen molar-refractivity contribution in [3.63, 3.8) is 0 Å². The maximum Gasteiger partial charge on any atom is 0.232 e. The average molecular weight is 303 g/mol. The van der Waals surface area contributed by atoms with E-state index in [-0.39, 0.29) is 6.10 Å². The maximum absolute atomic E-state index is 6.19. The van der Waals surface area contributed by atoms with Gasteiger partial charge in [0, 0.05) is 24.8 Å². The first-order valence-electron chi connectivity index (χ1n) is 7.23. The Balaban J connectivity index is 1.69. The molecule has 0 bridgehead atoms. The van der Waals surface area contributed by atoms with Crippen molar-refractivity contribution < 1.29 is 4.74 Å². The topological polar surface area (TPSA) is 25.4 Å². The van der Waals surface area contributed by atoms with Crippen LogP contribution in [0.2, 0.25) is 5.02 Å². The fraction of sp³-hybridized carbons (Fsp3) is 0.353. The van der Waals surface area contributed by atoms with Crippen molar-refractivity contribution in [1.29, 1.82) is 0 Å². The molecular formula is C17H19ClN2O. The van der Waals surface area contributed by atoms with E-state index in [4.69, 9.17) is 16.3 Å². The Labute approximate surface area is 130 Å². The minimum atomic E-state index is 0.136. The molecule has 21 heavy (non-hydrogen) atoms. The lowest BCUT2D eigenvalue weighted by molar-refractivity contribution is 0.216. The van der Waals surface area contributed by atoms with Crippen LogP contribution < -0.4 is 9.64 Å². The van der Waals surface area contributed by atoms with Gasteiger partial charge in [-0.1, -0.05) is 29.8 Å². The largest absolute Gasteiger partial charge is 0.471 e. The Morgan fingerprint density at radius 1 is 1.29 bits per heavy atom. The number of nitrogens with zero attached hydrogens (tertiary/aromatic N) is 2. The van der Waals surface area contributed by atoms with E-state index in [0.29, 0.717) is 10.9 Å². The molecule has 0 spiro atoms. The predicted molar refractivity (Wildman–Crippen MR) is 86.4 cm³/mol. The lowest BCUT2D eigenvalue weighted by atomic mass is 10.2. The Morgan fingerprint density at radius 2 is 2.10 bits per heavy atom. The van der Waals surface area contributed by atoms with E-state index in [1.807, 2.05) is 13.0 Å². The maximum atomic E-state index is 6.19. The monoisotopic (exact) mass is 302 g/mol. The molecule has 1 aliphatic rings. The van der Waals surface area contributed by atoms with Crippen LogP contribution in [0.5, 0.6) is 5.88 Å². The van der Waals surface area contributed by atoms with Gasteiger partial charge in [-0.25, -0.2) is 4.98 Å². The molecule has 110 valence electrons. The van der Waals surface area contributed by atoms with Crippen molar-refractivity contribution in [1.82, 2.24) is 4.98 Å². The Hall–Kier alpha value is -1.74. The van der Waals surface area contributed by atoms with Gasteiger partial charge in [-0.3, -0.25) is 0 Å². The number of rotatable bonds is 3. The van der Waals surface area contributed by atoms with Gasteiger partial charge in [0.25, 0.3) is 0 Å². The van der Waals surface area contributed by atoms with Crippen molar-refractivity contribution >= 4 is 17.3 Å². The summed E-state index contributed by atoms with van der Waals surface area (Å²) in [6.07, 6.45) is 2.91. The van der Waals surface area contributed by atoms with Crippen molar-refractivity contribution in [3.8, 4) is 5.88 Å². The predicted octanol–water partition coefficient (Wildman–Crippen LogP) is 4.01. The van der Waals surface area contributed by atoms with E-state index in [0.717, 1.165) is 25.1 Å². The van der Waals surface area contributed by atoms with E-state index in [1.165, 1.54) is 11.3 Å². The molecule has 1 aromatic carbocycles. The van der Waals surface area contributed by atoms with Gasteiger partial charge in [-0.2, -0.15) is 0 Å². The zero-order valence-electron chi connectivity index (χ0n) is 12.3. The summed E-state index contributed by atoms with van der Waals surface area (Å²) in [4.78, 5) is 6.65. The normalized spacial score (nSPS) is 18.0. The smallest absolute Gasteiger partial charge is 0.232 e. The van der Waals surface area contributed by atoms with E-state index >= 15 is 0 Å². The molecule has 1 aromatic heterocycles. The van der Waals surface area contributed by atoms with Crippen LogP contribution >= 0.6 is 11.6 Å². The summed E-state index contributed by atoms with van der Waals surface area (Å²) in [5.41, 5.74) is 3.62. The molecule has 1 aliphatic heterocycles. The zero-order chi connectivity index (χ0) is 14.8. The summed E-state index contributed by atoms with van der Waals surface area (Å²) >= 11 is 6.19. The molecule has 1 atom stereocenters. The third kappa shape index (κ3) is 3.13. The second kappa shape index (κ2) is 5.94. The van der Waals surface area contributed by atoms with Gasteiger partial charge < -0.3 is 9.64 Å². The first kappa shape index (κ1) is 14.2. The van der Waals surface area contributed by atoms with Gasteiger partial charge in [0.15, 0.2) is 0 Å². The van der Waals surface area contributed by atoms with Crippen molar-refractivity contribution in [2.75, 3.05) is 18.0 Å². The van der Waals surface area contributed by atoms with Crippen LogP contribution in [-0.2, 0) is 0 Å². The number of pyridine rings is 1. The number of ether oxygens (including phenoxy) is 1. The summed E-state index contributed by atoms with van der Waals surface area (Å²) in [5.74, 6) is 0.541. The fourth-order valence-electron chi connectivity index (χ4n) is 2.73. The highest BCUT2D eigenvalue weighted by atomic mass is 35.5. The highest BCUT2D eigenvalue weighted by Crippen LogP contribution is 2.28. The molecule has 2 heterocycles. The van der Waals surface area contributed by atoms with Gasteiger partial charge in [0.05, 0.1) is 6.54 Å². The third-order valence-corrected chi connectivity index (χ3v) is 4.09. The number of anilines is 1. The number of halogens is 1. The molecule has 4 heteroatoms. The van der Waals surface area contributed by atoms with E-state index < -0.39 is 0 Å². The number of benzene rings is 1. The van der Waals surface area contributed by atoms with Crippen LogP contribution in [0, 0.1) is 13.8 Å². The average Bonchev–Trinajstić information content (AvgIpc) is 2.91. The fourth-order valence-corrected chi connectivity index (χ4v) is 2.99. The third-order valence-electron chi connectivity index (χ3n) is 3.82. The van der Waals surface area contributed by atoms with Crippen LogP contribution in [-0.4, -0.2) is 24.2 Å². The van der Waals surface area contributed by atoms with Crippen molar-refractivity contribution in [3.05, 3.63) is 52.7 Å². The summed E-state index contributed by atoms with van der Waals surface area (Å²) in [6.45, 7) is 5.98. The molecule has 1 saturated heterocycles. The number of hydrogen-bond donors (Lipinski definition) is 0. The second-order valence-electron chi connectivity index (χ2n) is 5.56. The number of aryl methyl sites for hydroxylation is 2. The first-order valence-corrected chi connectivity index (χ1v) is 7.60. The zero-order valence-corrected chi connectivity index (χ0v) is 13.1. The van der Waals surface area contributed by atoms with Crippen LogP contribution in [0.4, 0.5) is 5.69 Å². The summed E-state index contributed by atoms with van der Waals surface area (Å²) in [7, 11) is 0. The summed E-state index contributed by atoms with van der Waals surface area (Å²) in [5, 5.41) is 0.587. The molecular weight excluding hydrogens is 284 g/mol.